The van der Waals surface area contributed by atoms with Crippen LogP contribution >= 0.6 is 22.6 Å². The van der Waals surface area contributed by atoms with Crippen LogP contribution < -0.4 is 5.32 Å². The molecular weight excluding hydrogens is 364 g/mol. The summed E-state index contributed by atoms with van der Waals surface area (Å²) in [7, 11) is 0. The summed E-state index contributed by atoms with van der Waals surface area (Å²) in [6.07, 6.45) is 2.05. The summed E-state index contributed by atoms with van der Waals surface area (Å²) in [6.45, 7) is 0. The first-order valence-corrected chi connectivity index (χ1v) is 7.05. The van der Waals surface area contributed by atoms with Crippen molar-refractivity contribution in [2.75, 3.05) is 0 Å². The topological polar surface area (TPSA) is 66.4 Å². The van der Waals surface area contributed by atoms with Crippen LogP contribution in [0.1, 0.15) is 29.6 Å². The van der Waals surface area contributed by atoms with E-state index < -0.39 is 17.7 Å². The second-order valence-corrected chi connectivity index (χ2v) is 5.74. The molecule has 1 aliphatic carbocycles. The Morgan fingerprint density at radius 3 is 2.74 bits per heavy atom. The van der Waals surface area contributed by atoms with Gasteiger partial charge in [-0.05, 0) is 53.6 Å². The van der Waals surface area contributed by atoms with Gasteiger partial charge in [0.25, 0.3) is 5.91 Å². The number of rotatable bonds is 3. The number of carbonyl (C=O) groups is 2. The van der Waals surface area contributed by atoms with Crippen LogP contribution in [0.4, 0.5) is 4.39 Å². The van der Waals surface area contributed by atoms with E-state index in [0.29, 0.717) is 22.0 Å². The highest BCUT2D eigenvalue weighted by atomic mass is 127. The molecule has 2 N–H and O–H groups in total. The number of carboxylic acids is 1. The van der Waals surface area contributed by atoms with Crippen LogP contribution in [-0.4, -0.2) is 23.0 Å². The highest BCUT2D eigenvalue weighted by Gasteiger charge is 2.34. The molecule has 1 aliphatic rings. The fraction of sp³-hybridized carbons (Fsp3) is 0.385. The van der Waals surface area contributed by atoms with E-state index in [1.807, 2.05) is 22.6 Å². The predicted molar refractivity (Wildman–Crippen MR) is 75.3 cm³/mol. The molecule has 0 heterocycles. The third kappa shape index (κ3) is 3.23. The van der Waals surface area contributed by atoms with E-state index in [1.54, 1.807) is 0 Å². The fourth-order valence-corrected chi connectivity index (χ4v) is 3.07. The fourth-order valence-electron chi connectivity index (χ4n) is 2.35. The van der Waals surface area contributed by atoms with Gasteiger partial charge in [-0.15, -0.1) is 0 Å². The first-order chi connectivity index (χ1) is 8.99. The molecule has 19 heavy (non-hydrogen) atoms. The Morgan fingerprint density at radius 2 is 2.11 bits per heavy atom. The maximum atomic E-state index is 13.0. The molecule has 0 saturated heterocycles. The summed E-state index contributed by atoms with van der Waals surface area (Å²) in [5.74, 6) is -2.15. The van der Waals surface area contributed by atoms with Gasteiger partial charge in [-0.25, -0.2) is 4.39 Å². The van der Waals surface area contributed by atoms with Gasteiger partial charge in [-0.2, -0.15) is 0 Å². The van der Waals surface area contributed by atoms with Gasteiger partial charge in [0.1, 0.15) is 5.82 Å². The van der Waals surface area contributed by atoms with E-state index >= 15 is 0 Å². The zero-order valence-corrected chi connectivity index (χ0v) is 12.2. The molecule has 102 valence electrons. The number of hydrogen-bond acceptors (Lipinski definition) is 2. The Bertz CT molecular complexity index is 521. The van der Waals surface area contributed by atoms with Gasteiger partial charge in [0.15, 0.2) is 0 Å². The van der Waals surface area contributed by atoms with Crippen LogP contribution in [0.5, 0.6) is 0 Å². The minimum atomic E-state index is -0.878. The number of hydrogen-bond donors (Lipinski definition) is 2. The molecule has 2 rings (SSSR count). The molecular formula is C13H13FINO3. The minimum absolute atomic E-state index is 0.342. The van der Waals surface area contributed by atoms with Crippen molar-refractivity contribution in [2.24, 2.45) is 5.92 Å². The smallest absolute Gasteiger partial charge is 0.308 e. The number of carbonyl (C=O) groups excluding carboxylic acids is 1. The normalized spacial score (nSPS) is 22.2. The molecule has 2 atom stereocenters. The van der Waals surface area contributed by atoms with E-state index in [-0.39, 0.29) is 11.9 Å². The van der Waals surface area contributed by atoms with E-state index in [4.69, 9.17) is 5.11 Å². The van der Waals surface area contributed by atoms with Crippen molar-refractivity contribution in [3.8, 4) is 0 Å². The third-order valence-electron chi connectivity index (χ3n) is 3.33. The Labute approximate surface area is 123 Å². The van der Waals surface area contributed by atoms with Crippen LogP contribution in [-0.2, 0) is 4.79 Å². The van der Waals surface area contributed by atoms with Gasteiger partial charge in [0.05, 0.1) is 11.5 Å². The molecule has 1 aromatic rings. The number of halogens is 2. The minimum Gasteiger partial charge on any atom is -0.481 e. The SMILES string of the molecule is O=C(N[C@H]1CCC[C@H]1C(=O)O)c1ccc(F)cc1I. The van der Waals surface area contributed by atoms with E-state index in [1.165, 1.54) is 18.2 Å². The molecule has 0 spiro atoms. The molecule has 6 heteroatoms. The van der Waals surface area contributed by atoms with Gasteiger partial charge >= 0.3 is 5.97 Å². The van der Waals surface area contributed by atoms with Crippen molar-refractivity contribution in [2.45, 2.75) is 25.3 Å². The van der Waals surface area contributed by atoms with Crippen LogP contribution in [0.2, 0.25) is 0 Å². The lowest BCUT2D eigenvalue weighted by Gasteiger charge is -2.18. The number of aliphatic carboxylic acids is 1. The van der Waals surface area contributed by atoms with Gasteiger partial charge in [0, 0.05) is 9.61 Å². The quantitative estimate of drug-likeness (QED) is 0.796. The second kappa shape index (κ2) is 5.85. The summed E-state index contributed by atoms with van der Waals surface area (Å²) < 4.78 is 13.5. The molecule has 0 aromatic heterocycles. The summed E-state index contributed by atoms with van der Waals surface area (Å²) in [5.41, 5.74) is 0.373. The average molecular weight is 377 g/mol. The zero-order chi connectivity index (χ0) is 14.0. The molecule has 1 saturated carbocycles. The lowest BCUT2D eigenvalue weighted by atomic mass is 10.0. The molecule has 4 nitrogen and oxygen atoms in total. The lowest BCUT2D eigenvalue weighted by Crippen LogP contribution is -2.40. The Morgan fingerprint density at radius 1 is 1.37 bits per heavy atom. The molecule has 0 radical (unpaired) electrons. The molecule has 0 unspecified atom stereocenters. The summed E-state index contributed by atoms with van der Waals surface area (Å²) in [6, 6.07) is 3.57. The predicted octanol–water partition coefficient (Wildman–Crippen LogP) is 2.41. The van der Waals surface area contributed by atoms with Gasteiger partial charge in [0.2, 0.25) is 0 Å². The monoisotopic (exact) mass is 377 g/mol. The van der Waals surface area contributed by atoms with E-state index in [2.05, 4.69) is 5.32 Å². The highest BCUT2D eigenvalue weighted by molar-refractivity contribution is 14.1. The van der Waals surface area contributed by atoms with Gasteiger partial charge in [-0.1, -0.05) is 6.42 Å². The van der Waals surface area contributed by atoms with Crippen LogP contribution in [0.3, 0.4) is 0 Å². The molecule has 0 bridgehead atoms. The van der Waals surface area contributed by atoms with E-state index in [9.17, 15) is 14.0 Å². The first kappa shape index (κ1) is 14.2. The highest BCUT2D eigenvalue weighted by Crippen LogP contribution is 2.26. The molecule has 1 fully saturated rings. The van der Waals surface area contributed by atoms with Gasteiger partial charge in [-0.3, -0.25) is 9.59 Å². The molecule has 1 amide bonds. The molecule has 0 aliphatic heterocycles. The standard InChI is InChI=1S/C13H13FINO3/c14-7-4-5-8(10(15)6-7)12(17)16-11-3-1-2-9(11)13(18)19/h4-6,9,11H,1-3H2,(H,16,17)(H,18,19)/t9-,11+/m1/s1. The lowest BCUT2D eigenvalue weighted by molar-refractivity contribution is -0.142. The Kier molecular flexibility index (Phi) is 4.38. The summed E-state index contributed by atoms with van der Waals surface area (Å²) in [5, 5.41) is 11.8. The van der Waals surface area contributed by atoms with Crippen molar-refractivity contribution in [3.63, 3.8) is 0 Å². The number of amides is 1. The van der Waals surface area contributed by atoms with Crippen LogP contribution in [0, 0.1) is 15.3 Å². The summed E-state index contributed by atoms with van der Waals surface area (Å²) in [4.78, 5) is 23.1. The van der Waals surface area contributed by atoms with Crippen LogP contribution in [0.15, 0.2) is 18.2 Å². The van der Waals surface area contributed by atoms with Crippen molar-refractivity contribution < 1.29 is 19.1 Å². The van der Waals surface area contributed by atoms with Crippen molar-refractivity contribution in [1.29, 1.82) is 0 Å². The number of carboxylic acid groups (broad SMARTS) is 1. The Balaban J connectivity index is 2.10. The maximum Gasteiger partial charge on any atom is 0.308 e. The summed E-state index contributed by atoms with van der Waals surface area (Å²) >= 11 is 1.89. The van der Waals surface area contributed by atoms with E-state index in [0.717, 1.165) is 6.42 Å². The van der Waals surface area contributed by atoms with Crippen molar-refractivity contribution >= 4 is 34.5 Å². The number of benzene rings is 1. The second-order valence-electron chi connectivity index (χ2n) is 4.58. The third-order valence-corrected chi connectivity index (χ3v) is 4.22. The van der Waals surface area contributed by atoms with Gasteiger partial charge < -0.3 is 10.4 Å². The van der Waals surface area contributed by atoms with Crippen LogP contribution in [0.25, 0.3) is 0 Å². The number of nitrogens with one attached hydrogen (secondary N) is 1. The Hall–Kier alpha value is -1.18. The molecule has 1 aromatic carbocycles. The average Bonchev–Trinajstić information content (AvgIpc) is 2.76. The zero-order valence-electron chi connectivity index (χ0n) is 10.0. The largest absolute Gasteiger partial charge is 0.481 e. The maximum absolute atomic E-state index is 13.0. The van der Waals surface area contributed by atoms with Crippen molar-refractivity contribution in [1.82, 2.24) is 5.32 Å². The first-order valence-electron chi connectivity index (χ1n) is 5.98. The van der Waals surface area contributed by atoms with Crippen molar-refractivity contribution in [3.05, 3.63) is 33.1 Å².